The zero-order valence-corrected chi connectivity index (χ0v) is 23.6. The topological polar surface area (TPSA) is 52.1 Å². The van der Waals surface area contributed by atoms with Crippen molar-refractivity contribution in [3.8, 4) is 45.0 Å². The summed E-state index contributed by atoms with van der Waals surface area (Å²) in [6.07, 6.45) is 0. The fourth-order valence-electron chi connectivity index (χ4n) is 6.10. The summed E-state index contributed by atoms with van der Waals surface area (Å²) in [5.41, 5.74) is 11.3. The van der Waals surface area contributed by atoms with E-state index in [1.54, 1.807) is 0 Å². The van der Waals surface area contributed by atoms with Crippen molar-refractivity contribution in [3.05, 3.63) is 146 Å². The van der Waals surface area contributed by atoms with Crippen LogP contribution in [0, 0.1) is 0 Å². The number of furan rings is 2. The Kier molecular flexibility index (Phi) is 5.47. The zero-order valence-electron chi connectivity index (χ0n) is 23.6. The molecule has 4 nitrogen and oxygen atoms in total. The Balaban J connectivity index is 1.16. The van der Waals surface area contributed by atoms with Gasteiger partial charge in [0, 0.05) is 49.9 Å². The third kappa shape index (κ3) is 4.08. The smallest absolute Gasteiger partial charge is 0.139 e. The van der Waals surface area contributed by atoms with Crippen LogP contribution < -0.4 is 0 Å². The molecule has 44 heavy (non-hydrogen) atoms. The van der Waals surface area contributed by atoms with Crippen LogP contribution >= 0.6 is 0 Å². The average molecular weight is 565 g/mol. The van der Waals surface area contributed by atoms with Crippen molar-refractivity contribution in [2.45, 2.75) is 0 Å². The first-order valence-electron chi connectivity index (χ1n) is 14.7. The van der Waals surface area contributed by atoms with Crippen molar-refractivity contribution in [2.24, 2.45) is 0 Å². The van der Waals surface area contributed by atoms with Crippen LogP contribution in [0.4, 0.5) is 0 Å². The average Bonchev–Trinajstić information content (AvgIpc) is 3.64. The predicted molar refractivity (Wildman–Crippen MR) is 178 cm³/mol. The molecule has 0 radical (unpaired) electrons. The van der Waals surface area contributed by atoms with E-state index >= 15 is 0 Å². The molecular weight excluding hydrogens is 540 g/mol. The summed E-state index contributed by atoms with van der Waals surface area (Å²) in [4.78, 5) is 9.96. The molecule has 4 aromatic heterocycles. The Morgan fingerprint density at radius 1 is 0.295 bits per heavy atom. The molecular formula is C40H24N2O2. The maximum Gasteiger partial charge on any atom is 0.139 e. The summed E-state index contributed by atoms with van der Waals surface area (Å²) >= 11 is 0. The zero-order chi connectivity index (χ0) is 29.0. The van der Waals surface area contributed by atoms with Crippen LogP contribution in [0.25, 0.3) is 88.9 Å². The maximum atomic E-state index is 6.30. The SMILES string of the molecule is c1ccc(-c2cccc(-c3ccc4oc5cc6oc7ccc(-c8cccc(-c9ccccc9)n8)cc7c6cc5c4c3)n2)cc1. The summed E-state index contributed by atoms with van der Waals surface area (Å²) < 4.78 is 12.6. The molecule has 5 aromatic carbocycles. The van der Waals surface area contributed by atoms with Crippen molar-refractivity contribution in [3.63, 3.8) is 0 Å². The van der Waals surface area contributed by atoms with Crippen LogP contribution in [-0.4, -0.2) is 9.97 Å². The number of rotatable bonds is 4. The van der Waals surface area contributed by atoms with Crippen molar-refractivity contribution in [2.75, 3.05) is 0 Å². The number of benzene rings is 5. The van der Waals surface area contributed by atoms with Gasteiger partial charge in [-0.2, -0.15) is 0 Å². The number of nitrogens with zero attached hydrogens (tertiary/aromatic N) is 2. The molecule has 4 heteroatoms. The predicted octanol–water partition coefficient (Wildman–Crippen LogP) is 10.9. The number of fused-ring (bicyclic) bond motifs is 6. The van der Waals surface area contributed by atoms with E-state index in [4.69, 9.17) is 18.8 Å². The minimum absolute atomic E-state index is 0.798. The standard InChI is InChI=1S/C40H24N2O2/c1-3-9-25(10-4-1)33-13-7-15-35(41-33)27-17-19-37-29(21-27)31-23-32-30-22-28(18-20-38(30)44-40(32)24-39(31)43-37)36-16-8-14-34(42-36)26-11-5-2-6-12-26/h1-24H. The highest BCUT2D eigenvalue weighted by molar-refractivity contribution is 6.16. The van der Waals surface area contributed by atoms with Crippen LogP contribution in [0.5, 0.6) is 0 Å². The number of pyridine rings is 2. The molecule has 0 saturated carbocycles. The molecule has 4 heterocycles. The Bertz CT molecular complexity index is 2320. The molecule has 0 aliphatic rings. The third-order valence-electron chi connectivity index (χ3n) is 8.29. The highest BCUT2D eigenvalue weighted by atomic mass is 16.3. The van der Waals surface area contributed by atoms with Gasteiger partial charge in [-0.1, -0.05) is 72.8 Å². The van der Waals surface area contributed by atoms with Gasteiger partial charge in [0.15, 0.2) is 0 Å². The monoisotopic (exact) mass is 564 g/mol. The van der Waals surface area contributed by atoms with Gasteiger partial charge in [-0.15, -0.1) is 0 Å². The second-order valence-corrected chi connectivity index (χ2v) is 11.0. The highest BCUT2D eigenvalue weighted by Gasteiger charge is 2.16. The van der Waals surface area contributed by atoms with Gasteiger partial charge in [-0.3, -0.25) is 0 Å². The lowest BCUT2D eigenvalue weighted by Gasteiger charge is -2.05. The summed E-state index contributed by atoms with van der Waals surface area (Å²) in [6, 6.07) is 49.6. The van der Waals surface area contributed by atoms with E-state index in [0.29, 0.717) is 0 Å². The van der Waals surface area contributed by atoms with Crippen molar-refractivity contribution >= 4 is 43.9 Å². The fourth-order valence-corrected chi connectivity index (χ4v) is 6.10. The van der Waals surface area contributed by atoms with Gasteiger partial charge in [0.2, 0.25) is 0 Å². The van der Waals surface area contributed by atoms with Crippen molar-refractivity contribution < 1.29 is 8.83 Å². The first-order valence-corrected chi connectivity index (χ1v) is 14.7. The quantitative estimate of drug-likeness (QED) is 0.213. The highest BCUT2D eigenvalue weighted by Crippen LogP contribution is 2.39. The van der Waals surface area contributed by atoms with Gasteiger partial charge in [0.25, 0.3) is 0 Å². The summed E-state index contributed by atoms with van der Waals surface area (Å²) in [6.45, 7) is 0. The van der Waals surface area contributed by atoms with Crippen molar-refractivity contribution in [1.29, 1.82) is 0 Å². The lowest BCUT2D eigenvalue weighted by Crippen LogP contribution is -1.87. The van der Waals surface area contributed by atoms with Gasteiger partial charge < -0.3 is 8.83 Å². The van der Waals surface area contributed by atoms with E-state index in [-0.39, 0.29) is 0 Å². The van der Waals surface area contributed by atoms with Gasteiger partial charge in [-0.25, -0.2) is 9.97 Å². The van der Waals surface area contributed by atoms with Crippen LogP contribution in [0.1, 0.15) is 0 Å². The van der Waals surface area contributed by atoms with Gasteiger partial charge >= 0.3 is 0 Å². The summed E-state index contributed by atoms with van der Waals surface area (Å²) in [5, 5.41) is 4.19. The van der Waals surface area contributed by atoms with Gasteiger partial charge in [0.1, 0.15) is 22.3 Å². The lowest BCUT2D eigenvalue weighted by molar-refractivity contribution is 0.656. The van der Waals surface area contributed by atoms with E-state index in [1.165, 1.54) is 0 Å². The second kappa shape index (κ2) is 9.79. The molecule has 0 atom stereocenters. The Morgan fingerprint density at radius 3 is 1.16 bits per heavy atom. The minimum Gasteiger partial charge on any atom is -0.456 e. The molecule has 9 aromatic rings. The van der Waals surface area contributed by atoms with Crippen LogP contribution in [0.2, 0.25) is 0 Å². The Labute approximate surface area is 252 Å². The first-order chi connectivity index (χ1) is 21.8. The van der Waals surface area contributed by atoms with Crippen molar-refractivity contribution in [1.82, 2.24) is 9.97 Å². The largest absolute Gasteiger partial charge is 0.456 e. The molecule has 0 fully saturated rings. The first kappa shape index (κ1) is 24.6. The number of aromatic nitrogens is 2. The maximum absolute atomic E-state index is 6.30. The number of hydrogen-bond donors (Lipinski definition) is 0. The van der Waals surface area contributed by atoms with E-state index in [2.05, 4.69) is 78.9 Å². The second-order valence-electron chi connectivity index (χ2n) is 11.0. The Morgan fingerprint density at radius 2 is 0.705 bits per heavy atom. The molecule has 0 amide bonds. The molecule has 206 valence electrons. The molecule has 0 unspecified atom stereocenters. The molecule has 0 aliphatic carbocycles. The number of hydrogen-bond acceptors (Lipinski definition) is 4. The van der Waals surface area contributed by atoms with Crippen LogP contribution in [0.3, 0.4) is 0 Å². The molecule has 0 aliphatic heterocycles. The van der Waals surface area contributed by atoms with E-state index in [0.717, 1.165) is 88.9 Å². The lowest BCUT2D eigenvalue weighted by atomic mass is 10.0. The van der Waals surface area contributed by atoms with Gasteiger partial charge in [-0.05, 0) is 66.7 Å². The fraction of sp³-hybridized carbons (Fsp3) is 0. The molecule has 0 N–H and O–H groups in total. The molecule has 9 rings (SSSR count). The minimum atomic E-state index is 0.798. The summed E-state index contributed by atoms with van der Waals surface area (Å²) in [5.74, 6) is 0. The molecule has 0 spiro atoms. The normalized spacial score (nSPS) is 11.6. The third-order valence-corrected chi connectivity index (χ3v) is 8.29. The molecule has 0 saturated heterocycles. The van der Waals surface area contributed by atoms with Crippen LogP contribution in [0.15, 0.2) is 154 Å². The van der Waals surface area contributed by atoms with E-state index in [1.807, 2.05) is 66.7 Å². The van der Waals surface area contributed by atoms with Crippen LogP contribution in [-0.2, 0) is 0 Å². The summed E-state index contributed by atoms with van der Waals surface area (Å²) in [7, 11) is 0. The van der Waals surface area contributed by atoms with E-state index < -0.39 is 0 Å². The molecule has 0 bridgehead atoms. The Hall–Kier alpha value is -6.00. The van der Waals surface area contributed by atoms with Gasteiger partial charge in [0.05, 0.1) is 22.8 Å². The van der Waals surface area contributed by atoms with E-state index in [9.17, 15) is 0 Å².